The molecule has 0 saturated carbocycles. The van der Waals surface area contributed by atoms with E-state index in [0.29, 0.717) is 37.0 Å². The van der Waals surface area contributed by atoms with Gasteiger partial charge in [0.05, 0.1) is 16.8 Å². The molecule has 1 aliphatic heterocycles. The lowest BCUT2D eigenvalue weighted by atomic mass is 9.96. The summed E-state index contributed by atoms with van der Waals surface area (Å²) in [4.78, 5) is 29.3. The molecule has 1 fully saturated rings. The molecule has 1 saturated heterocycles. The van der Waals surface area contributed by atoms with Crippen molar-refractivity contribution >= 4 is 34.6 Å². The third-order valence-electron chi connectivity index (χ3n) is 4.33. The Morgan fingerprint density at radius 2 is 1.96 bits per heavy atom. The number of nitrogens with zero attached hydrogens (tertiary/aromatic N) is 3. The van der Waals surface area contributed by atoms with E-state index in [2.05, 4.69) is 4.98 Å². The van der Waals surface area contributed by atoms with Gasteiger partial charge in [0.25, 0.3) is 0 Å². The molecule has 0 unspecified atom stereocenters. The summed E-state index contributed by atoms with van der Waals surface area (Å²) >= 11 is 0.999. The van der Waals surface area contributed by atoms with Crippen LogP contribution < -0.4 is 5.73 Å². The fraction of sp³-hybridized carbons (Fsp3) is 0.438. The largest absolute Gasteiger partial charge is 0.369 e. The lowest BCUT2D eigenvalue weighted by Crippen LogP contribution is -2.42. The lowest BCUT2D eigenvalue weighted by Gasteiger charge is -2.30. The van der Waals surface area contributed by atoms with Gasteiger partial charge < -0.3 is 10.6 Å². The number of thioether (sulfide) groups is 1. The highest BCUT2D eigenvalue weighted by molar-refractivity contribution is 7.99. The van der Waals surface area contributed by atoms with Gasteiger partial charge in [-0.25, -0.2) is 4.98 Å². The molecule has 0 spiro atoms. The van der Waals surface area contributed by atoms with E-state index in [1.165, 1.54) is 0 Å². The molecule has 134 valence electrons. The number of likely N-dealkylation sites (tertiary alicyclic amines) is 1. The van der Waals surface area contributed by atoms with Gasteiger partial charge in [-0.05, 0) is 25.0 Å². The molecule has 25 heavy (non-hydrogen) atoms. The number of para-hydroxylation sites is 2. The SMILES string of the molecule is NC(=O)C1CCN(C(=O)CSc2nc3ccccc3n2C(F)F)CC1. The summed E-state index contributed by atoms with van der Waals surface area (Å²) in [6.45, 7) is -1.81. The van der Waals surface area contributed by atoms with Crippen LogP contribution in [0.25, 0.3) is 11.0 Å². The lowest BCUT2D eigenvalue weighted by molar-refractivity contribution is -0.132. The Bertz CT molecular complexity index is 788. The van der Waals surface area contributed by atoms with Crippen LogP contribution in [-0.2, 0) is 9.59 Å². The number of halogens is 2. The van der Waals surface area contributed by atoms with E-state index < -0.39 is 6.55 Å². The van der Waals surface area contributed by atoms with E-state index in [0.717, 1.165) is 16.3 Å². The number of imidazole rings is 1. The number of alkyl halides is 2. The van der Waals surface area contributed by atoms with Gasteiger partial charge in [0.2, 0.25) is 11.8 Å². The number of hydrogen-bond donors (Lipinski definition) is 1. The first kappa shape index (κ1) is 17.7. The van der Waals surface area contributed by atoms with Crippen molar-refractivity contribution in [3.8, 4) is 0 Å². The first-order valence-corrected chi connectivity index (χ1v) is 8.91. The molecule has 0 radical (unpaired) electrons. The van der Waals surface area contributed by atoms with Crippen molar-refractivity contribution in [2.24, 2.45) is 11.7 Å². The normalized spacial score (nSPS) is 15.9. The first-order chi connectivity index (χ1) is 12.0. The summed E-state index contributed by atoms with van der Waals surface area (Å²) < 4.78 is 27.6. The van der Waals surface area contributed by atoms with Crippen LogP contribution in [0.15, 0.2) is 29.4 Å². The minimum Gasteiger partial charge on any atom is -0.369 e. The molecule has 0 bridgehead atoms. The van der Waals surface area contributed by atoms with Crippen molar-refractivity contribution in [3.05, 3.63) is 24.3 Å². The van der Waals surface area contributed by atoms with Gasteiger partial charge in [-0.1, -0.05) is 23.9 Å². The molecule has 2 N–H and O–H groups in total. The van der Waals surface area contributed by atoms with Crippen molar-refractivity contribution in [1.82, 2.24) is 14.5 Å². The number of primary amides is 1. The number of aromatic nitrogens is 2. The Balaban J connectivity index is 1.66. The van der Waals surface area contributed by atoms with Crippen LogP contribution in [0, 0.1) is 5.92 Å². The highest BCUT2D eigenvalue weighted by atomic mass is 32.2. The number of amides is 2. The number of fused-ring (bicyclic) bond motifs is 1. The molecule has 6 nitrogen and oxygen atoms in total. The van der Waals surface area contributed by atoms with Gasteiger partial charge in [-0.2, -0.15) is 8.78 Å². The molecular formula is C16H18F2N4O2S. The summed E-state index contributed by atoms with van der Waals surface area (Å²) in [5.74, 6) is -0.662. The minimum atomic E-state index is -2.73. The van der Waals surface area contributed by atoms with Crippen LogP contribution >= 0.6 is 11.8 Å². The van der Waals surface area contributed by atoms with Crippen molar-refractivity contribution in [1.29, 1.82) is 0 Å². The molecular weight excluding hydrogens is 350 g/mol. The van der Waals surface area contributed by atoms with E-state index in [4.69, 9.17) is 5.73 Å². The van der Waals surface area contributed by atoms with Crippen molar-refractivity contribution in [3.63, 3.8) is 0 Å². The van der Waals surface area contributed by atoms with Crippen LogP contribution in [0.2, 0.25) is 0 Å². The van der Waals surface area contributed by atoms with Gasteiger partial charge in [0.1, 0.15) is 0 Å². The van der Waals surface area contributed by atoms with Crippen molar-refractivity contribution < 1.29 is 18.4 Å². The number of benzene rings is 1. The average Bonchev–Trinajstić information content (AvgIpc) is 2.98. The fourth-order valence-electron chi connectivity index (χ4n) is 2.94. The van der Waals surface area contributed by atoms with Gasteiger partial charge in [0, 0.05) is 19.0 Å². The van der Waals surface area contributed by atoms with E-state index in [1.54, 1.807) is 29.2 Å². The quantitative estimate of drug-likeness (QED) is 0.821. The first-order valence-electron chi connectivity index (χ1n) is 7.92. The Kier molecular flexibility index (Phi) is 5.22. The van der Waals surface area contributed by atoms with E-state index in [-0.39, 0.29) is 28.6 Å². The van der Waals surface area contributed by atoms with Crippen LogP contribution in [-0.4, -0.2) is 45.1 Å². The Morgan fingerprint density at radius 3 is 2.60 bits per heavy atom. The Morgan fingerprint density at radius 1 is 1.28 bits per heavy atom. The molecule has 3 rings (SSSR count). The third-order valence-corrected chi connectivity index (χ3v) is 5.27. The van der Waals surface area contributed by atoms with Gasteiger partial charge in [0.15, 0.2) is 5.16 Å². The second-order valence-electron chi connectivity index (χ2n) is 5.88. The highest BCUT2D eigenvalue weighted by Crippen LogP contribution is 2.29. The number of hydrogen-bond acceptors (Lipinski definition) is 4. The monoisotopic (exact) mass is 368 g/mol. The zero-order valence-corrected chi connectivity index (χ0v) is 14.2. The molecule has 1 aromatic carbocycles. The second kappa shape index (κ2) is 7.38. The zero-order chi connectivity index (χ0) is 18.0. The van der Waals surface area contributed by atoms with Gasteiger partial charge in [-0.3, -0.25) is 14.2 Å². The highest BCUT2D eigenvalue weighted by Gasteiger charge is 2.26. The molecule has 1 aromatic heterocycles. The Hall–Kier alpha value is -2.16. The molecule has 1 aliphatic rings. The molecule has 9 heteroatoms. The smallest absolute Gasteiger partial charge is 0.321 e. The maximum absolute atomic E-state index is 13.4. The maximum atomic E-state index is 13.4. The van der Waals surface area contributed by atoms with Crippen LogP contribution in [0.5, 0.6) is 0 Å². The summed E-state index contributed by atoms with van der Waals surface area (Å²) in [6.07, 6.45) is 1.09. The Labute approximate surface area is 147 Å². The topological polar surface area (TPSA) is 81.2 Å². The third kappa shape index (κ3) is 3.76. The van der Waals surface area contributed by atoms with Crippen LogP contribution in [0.3, 0.4) is 0 Å². The van der Waals surface area contributed by atoms with E-state index in [9.17, 15) is 18.4 Å². The second-order valence-corrected chi connectivity index (χ2v) is 6.82. The predicted molar refractivity (Wildman–Crippen MR) is 90.2 cm³/mol. The van der Waals surface area contributed by atoms with Gasteiger partial charge in [-0.15, -0.1) is 0 Å². The van der Waals surface area contributed by atoms with Crippen LogP contribution in [0.4, 0.5) is 8.78 Å². The fourth-order valence-corrected chi connectivity index (χ4v) is 3.86. The molecule has 2 heterocycles. The number of carbonyl (C=O) groups is 2. The van der Waals surface area contributed by atoms with Crippen LogP contribution in [0.1, 0.15) is 19.4 Å². The van der Waals surface area contributed by atoms with Crippen molar-refractivity contribution in [2.45, 2.75) is 24.5 Å². The number of rotatable bonds is 5. The summed E-state index contributed by atoms with van der Waals surface area (Å²) in [6, 6.07) is 6.64. The van der Waals surface area contributed by atoms with E-state index in [1.807, 2.05) is 0 Å². The maximum Gasteiger partial charge on any atom is 0.321 e. The summed E-state index contributed by atoms with van der Waals surface area (Å²) in [5, 5.41) is 0.122. The summed E-state index contributed by atoms with van der Waals surface area (Å²) in [5.41, 5.74) is 6.09. The standard InChI is InChI=1S/C16H18F2N4O2S/c17-15(18)22-12-4-2-1-3-11(12)20-16(22)25-9-13(23)21-7-5-10(6-8-21)14(19)24/h1-4,10,15H,5-9H2,(H2,19,24). The van der Waals surface area contributed by atoms with Gasteiger partial charge >= 0.3 is 6.55 Å². The molecule has 2 aromatic rings. The van der Waals surface area contributed by atoms with Crippen molar-refractivity contribution in [2.75, 3.05) is 18.8 Å². The summed E-state index contributed by atoms with van der Waals surface area (Å²) in [7, 11) is 0. The average molecular weight is 368 g/mol. The number of piperidine rings is 1. The molecule has 2 amide bonds. The minimum absolute atomic E-state index is 0.0251. The molecule has 0 aliphatic carbocycles. The number of nitrogens with two attached hydrogens (primary N) is 1. The molecule has 0 atom stereocenters. The number of carbonyl (C=O) groups excluding carboxylic acids is 2. The van der Waals surface area contributed by atoms with E-state index >= 15 is 0 Å². The predicted octanol–water partition coefficient (Wildman–Crippen LogP) is 2.25. The zero-order valence-electron chi connectivity index (χ0n) is 13.4.